The second kappa shape index (κ2) is 41.9. The molecular formula is C94H94BrN13O17. The summed E-state index contributed by atoms with van der Waals surface area (Å²) in [4.78, 5) is 105. The van der Waals surface area contributed by atoms with Crippen LogP contribution >= 0.6 is 15.9 Å². The number of ether oxygens (including phenoxy) is 5. The highest BCUT2D eigenvalue weighted by molar-refractivity contribution is 9.10. The van der Waals surface area contributed by atoms with Gasteiger partial charge in [0.2, 0.25) is 0 Å². The number of aromatic nitrogens is 6. The SMILES string of the molecule is CCC(=O)c1cn(CC)c2cc(OC)ccc12.CCNc1c(C(=O)OC)c2ccc([N+](=O)[O-])cc2n1CC.CCn1c(N)c(C(=O)OC)c2ccc([N+](=O)[O-])cc21.CCn1c(NC(=O)c2ccc(Br)cc2)c(C#N)c2ccc([N+](=O)[O-])cc21.CCn1cc(C(=O)c2ccccc2)c2cc(OC)ccc21.CCn1cc(C(=O)c2ccccc2)c2ccc(OC)cc21. The Morgan fingerprint density at radius 2 is 0.824 bits per heavy atom. The third kappa shape index (κ3) is 19.9. The van der Waals surface area contributed by atoms with E-state index in [1.807, 2.05) is 173 Å². The third-order valence-corrected chi connectivity index (χ3v) is 21.3. The predicted octanol–water partition coefficient (Wildman–Crippen LogP) is 20.2. The molecule has 0 saturated carbocycles. The fourth-order valence-corrected chi connectivity index (χ4v) is 14.9. The van der Waals surface area contributed by atoms with Gasteiger partial charge in [-0.1, -0.05) is 83.5 Å². The van der Waals surface area contributed by atoms with Crippen molar-refractivity contribution in [3.05, 3.63) is 298 Å². The van der Waals surface area contributed by atoms with Gasteiger partial charge in [0.15, 0.2) is 17.3 Å². The van der Waals surface area contributed by atoms with Crippen LogP contribution in [0.25, 0.3) is 65.4 Å². The van der Waals surface area contributed by atoms with E-state index in [4.69, 9.17) is 29.4 Å². The van der Waals surface area contributed by atoms with Gasteiger partial charge in [-0.25, -0.2) is 9.59 Å². The van der Waals surface area contributed by atoms with Crippen molar-refractivity contribution < 1.29 is 67.2 Å². The minimum absolute atomic E-state index is 0.00540. The van der Waals surface area contributed by atoms with E-state index in [2.05, 4.69) is 67.1 Å². The largest absolute Gasteiger partial charge is 0.497 e. The number of nitro groups is 3. The Labute approximate surface area is 727 Å². The number of Topliss-reactive ketones (excluding diaryl/α,β-unsaturated/α-hetero) is 1. The van der Waals surface area contributed by atoms with Crippen LogP contribution in [0.1, 0.15) is 141 Å². The number of nitrogen functional groups attached to an aromatic ring is 1. The number of rotatable bonds is 24. The normalized spacial score (nSPS) is 10.7. The van der Waals surface area contributed by atoms with Crippen molar-refractivity contribution in [1.82, 2.24) is 27.4 Å². The number of aryl methyl sites for hydroxylation is 6. The van der Waals surface area contributed by atoms with Gasteiger partial charge >= 0.3 is 11.9 Å². The number of nitrogens with one attached hydrogen (secondary N) is 2. The molecule has 6 heterocycles. The number of nitriles is 1. The number of ketones is 3. The van der Waals surface area contributed by atoms with E-state index in [9.17, 15) is 64.4 Å². The molecule has 0 bridgehead atoms. The van der Waals surface area contributed by atoms with Gasteiger partial charge in [-0.2, -0.15) is 5.26 Å². The van der Waals surface area contributed by atoms with Crippen LogP contribution < -0.4 is 30.6 Å². The van der Waals surface area contributed by atoms with E-state index in [0.29, 0.717) is 99.2 Å². The molecule has 1 amide bonds. The van der Waals surface area contributed by atoms with Gasteiger partial charge in [-0.3, -0.25) is 49.5 Å². The highest BCUT2D eigenvalue weighted by Crippen LogP contribution is 2.38. The van der Waals surface area contributed by atoms with Crippen LogP contribution in [0, 0.1) is 41.7 Å². The number of hydrogen-bond donors (Lipinski definition) is 3. The van der Waals surface area contributed by atoms with E-state index in [1.54, 1.807) is 60.8 Å². The summed E-state index contributed by atoms with van der Waals surface area (Å²) in [5.41, 5.74) is 15.7. The zero-order chi connectivity index (χ0) is 90.6. The van der Waals surface area contributed by atoms with Crippen molar-refractivity contribution >= 4 is 151 Å². The molecule has 0 aliphatic carbocycles. The molecule has 0 atom stereocenters. The van der Waals surface area contributed by atoms with E-state index in [1.165, 1.54) is 62.8 Å². The minimum atomic E-state index is -0.552. The number of halogens is 1. The van der Waals surface area contributed by atoms with Crippen molar-refractivity contribution in [3.63, 3.8) is 0 Å². The molecule has 15 aromatic rings. The number of nitrogens with two attached hydrogens (primary N) is 1. The topological polar surface area (TPSA) is 381 Å². The Morgan fingerprint density at radius 1 is 0.424 bits per heavy atom. The highest BCUT2D eigenvalue weighted by Gasteiger charge is 2.28. The van der Waals surface area contributed by atoms with Crippen LogP contribution in [0.2, 0.25) is 0 Å². The van der Waals surface area contributed by atoms with Crippen molar-refractivity contribution in [3.8, 4) is 23.3 Å². The van der Waals surface area contributed by atoms with E-state index in [0.717, 1.165) is 90.8 Å². The summed E-state index contributed by atoms with van der Waals surface area (Å²) in [6.45, 7) is 20.2. The summed E-state index contributed by atoms with van der Waals surface area (Å²) in [7, 11) is 7.52. The third-order valence-electron chi connectivity index (χ3n) is 20.8. The quantitative estimate of drug-likeness (QED) is 0.0219. The average molecular weight is 1760 g/mol. The molecule has 644 valence electrons. The Balaban J connectivity index is 0.000000157. The fraction of sp³-hybridized carbons (Fsp3) is 0.223. The Morgan fingerprint density at radius 3 is 1.26 bits per heavy atom. The molecule has 4 N–H and O–H groups in total. The van der Waals surface area contributed by atoms with Crippen LogP contribution in [0.15, 0.2) is 217 Å². The second-order valence-corrected chi connectivity index (χ2v) is 28.6. The Hall–Kier alpha value is -15.2. The number of carbonyl (C=O) groups is 6. The van der Waals surface area contributed by atoms with E-state index in [-0.39, 0.29) is 57.3 Å². The van der Waals surface area contributed by atoms with Gasteiger partial charge in [0.25, 0.3) is 23.0 Å². The van der Waals surface area contributed by atoms with Gasteiger partial charge in [0, 0.05) is 195 Å². The van der Waals surface area contributed by atoms with Crippen LogP contribution in [0.5, 0.6) is 17.2 Å². The fourth-order valence-electron chi connectivity index (χ4n) is 14.6. The van der Waals surface area contributed by atoms with Crippen LogP contribution in [-0.4, -0.2) is 119 Å². The highest BCUT2D eigenvalue weighted by atomic mass is 79.9. The number of non-ortho nitro benzene ring substituents is 3. The number of carbonyl (C=O) groups excluding carboxylic acids is 6. The number of nitro benzene ring substituents is 3. The molecule has 0 fully saturated rings. The summed E-state index contributed by atoms with van der Waals surface area (Å²) in [5.74, 6) is 2.51. The summed E-state index contributed by atoms with van der Waals surface area (Å²) < 4.78 is 37.6. The van der Waals surface area contributed by atoms with Gasteiger partial charge in [0.1, 0.15) is 57.5 Å². The van der Waals surface area contributed by atoms with Crippen molar-refractivity contribution in [2.75, 3.05) is 58.5 Å². The molecule has 15 rings (SSSR count). The number of anilines is 3. The summed E-state index contributed by atoms with van der Waals surface area (Å²) in [6, 6.07) is 58.2. The lowest BCUT2D eigenvalue weighted by Crippen LogP contribution is -2.15. The lowest BCUT2D eigenvalue weighted by atomic mass is 10.0. The van der Waals surface area contributed by atoms with E-state index < -0.39 is 26.7 Å². The molecule has 0 spiro atoms. The molecule has 0 aliphatic heterocycles. The molecule has 9 aromatic carbocycles. The summed E-state index contributed by atoms with van der Waals surface area (Å²) in [5, 5.41) is 52.9. The van der Waals surface area contributed by atoms with Crippen molar-refractivity contribution in [2.24, 2.45) is 0 Å². The Bertz CT molecular complexity index is 6610. The average Bonchev–Trinajstić information content (AvgIpc) is 1.61. The predicted molar refractivity (Wildman–Crippen MR) is 488 cm³/mol. The number of nitrogens with zero attached hydrogens (tertiary/aromatic N) is 10. The maximum atomic E-state index is 12.7. The molecule has 0 aliphatic rings. The zero-order valence-electron chi connectivity index (χ0n) is 71.2. The smallest absolute Gasteiger partial charge is 0.342 e. The van der Waals surface area contributed by atoms with Crippen molar-refractivity contribution in [2.45, 2.75) is 101 Å². The second-order valence-electron chi connectivity index (χ2n) is 27.7. The molecule has 0 saturated heterocycles. The minimum Gasteiger partial charge on any atom is -0.497 e. The number of esters is 2. The summed E-state index contributed by atoms with van der Waals surface area (Å²) >= 11 is 3.31. The molecule has 31 heteroatoms. The summed E-state index contributed by atoms with van der Waals surface area (Å²) in [6.07, 6.45) is 6.34. The van der Waals surface area contributed by atoms with Crippen LogP contribution in [0.3, 0.4) is 0 Å². The van der Waals surface area contributed by atoms with Gasteiger partial charge < -0.3 is 67.5 Å². The van der Waals surface area contributed by atoms with Gasteiger partial charge in [0.05, 0.1) is 77.9 Å². The van der Waals surface area contributed by atoms with Crippen molar-refractivity contribution in [1.29, 1.82) is 5.26 Å². The van der Waals surface area contributed by atoms with E-state index >= 15 is 0 Å². The van der Waals surface area contributed by atoms with Gasteiger partial charge in [-0.05, 0) is 133 Å². The number of hydrogen-bond acceptors (Lipinski definition) is 20. The van der Waals surface area contributed by atoms with Crippen LogP contribution in [0.4, 0.5) is 34.5 Å². The zero-order valence-corrected chi connectivity index (χ0v) is 72.8. The first-order valence-electron chi connectivity index (χ1n) is 40.0. The van der Waals surface area contributed by atoms with Crippen LogP contribution in [-0.2, 0) is 48.7 Å². The maximum absolute atomic E-state index is 12.7. The molecule has 125 heavy (non-hydrogen) atoms. The first-order chi connectivity index (χ1) is 60.2. The molecular weight excluding hydrogens is 1660 g/mol. The number of amides is 1. The number of benzene rings is 9. The molecule has 0 unspecified atom stereocenters. The molecule has 6 aromatic heterocycles. The lowest BCUT2D eigenvalue weighted by Gasteiger charge is -2.10. The van der Waals surface area contributed by atoms with Gasteiger partial charge in [-0.15, -0.1) is 0 Å². The molecule has 30 nitrogen and oxygen atoms in total. The first kappa shape index (κ1) is 92.1. The first-order valence-corrected chi connectivity index (χ1v) is 40.8. The Kier molecular flexibility index (Phi) is 30.8. The standard InChI is InChI=1S/C18H13BrN4O3.2C18H17NO2.C14H17N3O4.C14H17NO2.C12H13N3O4/c1-2-22-16-9-13(23(25)26)7-8-14(16)15(10-20)17(22)21-18(24)11-3-5-12(19)6-4-11;1-3-19-12-16(18(20)13-7-5-4-6-8-13)15-11-14(21-2)9-10-17(15)19;1-3-19-12-16(18(20)13-7-5-4-6-8-13)15-10-9-14(21-2)11-17(15)19;1-4-15-13-12(14(18)21-3)10-7-6-9(17(19)20)8-11(10)16(13)5-2;1-4-14(16)12-9-15(5-2)13-8-10(17-3)6-7-11(12)13;1-3-14-9-6-7(15(17)18)4-5-8(9)10(11(14)13)12(16)19-2/h3-9H,2H2,1H3,(H,21,24);2*4-12H,3H2,1-2H3;6-8,15H,4-5H2,1-3H3;6-9H,4-5H2,1-3H3;4-6H,3,13H2,1-2H3. The monoisotopic (exact) mass is 1760 g/mol. The number of fused-ring (bicyclic) bond motifs is 6. The lowest BCUT2D eigenvalue weighted by molar-refractivity contribution is -0.384. The molecule has 0 radical (unpaired) electrons. The maximum Gasteiger partial charge on any atom is 0.342 e. The number of methoxy groups -OCH3 is 5.